The Hall–Kier alpha value is -2.28. The number of aliphatic hydroxyl groups is 1. The third-order valence-electron chi connectivity index (χ3n) is 3.46. The fourth-order valence-electron chi connectivity index (χ4n) is 2.40. The third-order valence-corrected chi connectivity index (χ3v) is 3.46. The minimum absolute atomic E-state index is 0.0441. The predicted molar refractivity (Wildman–Crippen MR) is 87.3 cm³/mol. The number of aliphatic hydroxyl groups excluding tert-OH is 1. The van der Waals surface area contributed by atoms with Gasteiger partial charge in [-0.2, -0.15) is 0 Å². The number of nitrogens with one attached hydrogen (secondary N) is 1. The maximum absolute atomic E-state index is 11.0. The van der Waals surface area contributed by atoms with Gasteiger partial charge in [0.2, 0.25) is 0 Å². The number of rotatable bonds is 8. The normalized spacial score (nSPS) is 13.5. The number of nitrogens with zero attached hydrogens (tertiary/aromatic N) is 1. The molecule has 2 N–H and O–H groups in total. The molecule has 0 aliphatic carbocycles. The van der Waals surface area contributed by atoms with E-state index in [-0.39, 0.29) is 18.3 Å². The van der Waals surface area contributed by atoms with Gasteiger partial charge in [0.15, 0.2) is 0 Å². The second kappa shape index (κ2) is 8.38. The van der Waals surface area contributed by atoms with Gasteiger partial charge in [-0.15, -0.1) is 0 Å². The number of hydrogen-bond acceptors (Lipinski definition) is 5. The van der Waals surface area contributed by atoms with E-state index in [0.717, 1.165) is 11.1 Å². The topological polar surface area (TPSA) is 84.6 Å². The highest BCUT2D eigenvalue weighted by Gasteiger charge is 2.17. The summed E-state index contributed by atoms with van der Waals surface area (Å²) in [5.41, 5.74) is 1.79. The van der Waals surface area contributed by atoms with Crippen LogP contribution in [-0.2, 0) is 4.74 Å². The Balaban J connectivity index is 2.26. The Morgan fingerprint density at radius 3 is 2.52 bits per heavy atom. The molecule has 0 fully saturated rings. The number of ether oxygens (including phenoxy) is 1. The molecule has 2 aromatic rings. The van der Waals surface area contributed by atoms with E-state index in [2.05, 4.69) is 5.32 Å². The highest BCUT2D eigenvalue weighted by molar-refractivity contribution is 5.40. The summed E-state index contributed by atoms with van der Waals surface area (Å²) in [5, 5.41) is 24.1. The molecule has 122 valence electrons. The van der Waals surface area contributed by atoms with E-state index in [0.29, 0.717) is 6.54 Å². The minimum Gasteiger partial charge on any atom is -0.389 e. The van der Waals surface area contributed by atoms with E-state index < -0.39 is 11.0 Å². The van der Waals surface area contributed by atoms with Crippen molar-refractivity contribution in [3.8, 4) is 0 Å². The molecular weight excluding hydrogens is 296 g/mol. The highest BCUT2D eigenvalue weighted by atomic mass is 16.6. The average molecular weight is 316 g/mol. The lowest BCUT2D eigenvalue weighted by atomic mass is 9.98. The lowest BCUT2D eigenvalue weighted by molar-refractivity contribution is -0.384. The summed E-state index contributed by atoms with van der Waals surface area (Å²) in [4.78, 5) is 10.6. The van der Waals surface area contributed by atoms with Crippen LogP contribution in [0.4, 0.5) is 5.69 Å². The molecule has 0 aliphatic heterocycles. The van der Waals surface area contributed by atoms with Gasteiger partial charge in [-0.1, -0.05) is 42.5 Å². The van der Waals surface area contributed by atoms with Crippen molar-refractivity contribution >= 4 is 5.69 Å². The second-order valence-electron chi connectivity index (χ2n) is 5.21. The number of nitro groups is 1. The van der Waals surface area contributed by atoms with Crippen molar-refractivity contribution in [1.29, 1.82) is 0 Å². The van der Waals surface area contributed by atoms with Crippen LogP contribution in [0.25, 0.3) is 0 Å². The van der Waals surface area contributed by atoms with Crippen LogP contribution in [0.1, 0.15) is 17.2 Å². The molecule has 0 saturated heterocycles. The van der Waals surface area contributed by atoms with Gasteiger partial charge >= 0.3 is 0 Å². The minimum atomic E-state index is -0.648. The molecule has 2 rings (SSSR count). The Labute approximate surface area is 134 Å². The van der Waals surface area contributed by atoms with E-state index in [1.54, 1.807) is 12.1 Å². The standard InChI is InChI=1S/C17H20N2O4/c1-23-12-16(20)11-18-17(13-6-3-2-4-7-13)14-8-5-9-15(10-14)19(21)22/h2-10,16-18,20H,11-12H2,1H3. The molecule has 0 aromatic heterocycles. The first-order valence-corrected chi connectivity index (χ1v) is 7.31. The van der Waals surface area contributed by atoms with Gasteiger partial charge in [0.1, 0.15) is 0 Å². The number of non-ortho nitro benzene ring substituents is 1. The highest BCUT2D eigenvalue weighted by Crippen LogP contribution is 2.25. The smallest absolute Gasteiger partial charge is 0.269 e. The molecule has 0 radical (unpaired) electrons. The number of nitro benzene ring substituents is 1. The van der Waals surface area contributed by atoms with Crippen LogP contribution in [0.3, 0.4) is 0 Å². The molecule has 2 aromatic carbocycles. The molecule has 2 unspecified atom stereocenters. The molecule has 0 spiro atoms. The molecule has 0 amide bonds. The van der Waals surface area contributed by atoms with Crippen molar-refractivity contribution in [3.05, 3.63) is 75.8 Å². The van der Waals surface area contributed by atoms with Gasteiger partial charge in [0.05, 0.1) is 23.7 Å². The number of hydrogen-bond donors (Lipinski definition) is 2. The van der Waals surface area contributed by atoms with Gasteiger partial charge < -0.3 is 15.2 Å². The predicted octanol–water partition coefficient (Wildman–Crippen LogP) is 2.28. The third kappa shape index (κ3) is 4.85. The summed E-state index contributed by atoms with van der Waals surface area (Å²) < 4.78 is 4.92. The van der Waals surface area contributed by atoms with Crippen molar-refractivity contribution in [2.24, 2.45) is 0 Å². The summed E-state index contributed by atoms with van der Waals surface area (Å²) >= 11 is 0. The van der Waals surface area contributed by atoms with E-state index in [1.807, 2.05) is 36.4 Å². The Kier molecular flexibility index (Phi) is 6.22. The zero-order chi connectivity index (χ0) is 16.7. The van der Waals surface area contributed by atoms with Gasteiger partial charge in [-0.3, -0.25) is 10.1 Å². The van der Waals surface area contributed by atoms with Crippen LogP contribution in [0.5, 0.6) is 0 Å². The van der Waals surface area contributed by atoms with Crippen LogP contribution in [-0.4, -0.2) is 36.4 Å². The van der Waals surface area contributed by atoms with Crippen LogP contribution in [0, 0.1) is 10.1 Å². The molecule has 0 saturated carbocycles. The zero-order valence-corrected chi connectivity index (χ0v) is 12.9. The van der Waals surface area contributed by atoms with Crippen molar-refractivity contribution < 1.29 is 14.8 Å². The van der Waals surface area contributed by atoms with Gasteiger partial charge in [0.25, 0.3) is 5.69 Å². The lowest BCUT2D eigenvalue weighted by Crippen LogP contribution is -2.33. The average Bonchev–Trinajstić information content (AvgIpc) is 2.56. The van der Waals surface area contributed by atoms with Crippen LogP contribution in [0.2, 0.25) is 0 Å². The van der Waals surface area contributed by atoms with E-state index >= 15 is 0 Å². The Morgan fingerprint density at radius 1 is 1.17 bits per heavy atom. The fourth-order valence-corrected chi connectivity index (χ4v) is 2.40. The van der Waals surface area contributed by atoms with Gasteiger partial charge in [-0.25, -0.2) is 0 Å². The lowest BCUT2D eigenvalue weighted by Gasteiger charge is -2.21. The summed E-state index contributed by atoms with van der Waals surface area (Å²) in [6.07, 6.45) is -0.648. The van der Waals surface area contributed by atoms with Crippen molar-refractivity contribution in [1.82, 2.24) is 5.32 Å². The summed E-state index contributed by atoms with van der Waals surface area (Å²) in [5.74, 6) is 0. The monoisotopic (exact) mass is 316 g/mol. The summed E-state index contributed by atoms with van der Waals surface area (Å²) in [6, 6.07) is 15.9. The number of methoxy groups -OCH3 is 1. The number of benzene rings is 2. The Bertz CT molecular complexity index is 634. The van der Waals surface area contributed by atoms with E-state index in [1.165, 1.54) is 13.2 Å². The first-order valence-electron chi connectivity index (χ1n) is 7.31. The molecule has 0 aliphatic rings. The van der Waals surface area contributed by atoms with Crippen LogP contribution < -0.4 is 5.32 Å². The van der Waals surface area contributed by atoms with Gasteiger partial charge in [0, 0.05) is 25.8 Å². The molecule has 0 bridgehead atoms. The molecule has 23 heavy (non-hydrogen) atoms. The molecule has 6 heteroatoms. The maximum Gasteiger partial charge on any atom is 0.269 e. The van der Waals surface area contributed by atoms with Crippen LogP contribution in [0.15, 0.2) is 54.6 Å². The maximum atomic E-state index is 11.0. The van der Waals surface area contributed by atoms with Crippen molar-refractivity contribution in [2.45, 2.75) is 12.1 Å². The summed E-state index contributed by atoms with van der Waals surface area (Å²) in [7, 11) is 1.53. The SMILES string of the molecule is COCC(O)CNC(c1ccccc1)c1cccc([N+](=O)[O-])c1. The Morgan fingerprint density at radius 2 is 1.87 bits per heavy atom. The largest absolute Gasteiger partial charge is 0.389 e. The molecule has 0 heterocycles. The first-order chi connectivity index (χ1) is 11.1. The van der Waals surface area contributed by atoms with Crippen LogP contribution >= 0.6 is 0 Å². The quantitative estimate of drug-likeness (QED) is 0.576. The second-order valence-corrected chi connectivity index (χ2v) is 5.21. The zero-order valence-electron chi connectivity index (χ0n) is 12.9. The summed E-state index contributed by atoms with van der Waals surface area (Å²) in [6.45, 7) is 0.541. The van der Waals surface area contributed by atoms with Gasteiger partial charge in [-0.05, 0) is 11.1 Å². The van der Waals surface area contributed by atoms with Crippen molar-refractivity contribution in [3.63, 3.8) is 0 Å². The first kappa shape index (κ1) is 17.1. The fraction of sp³-hybridized carbons (Fsp3) is 0.294. The molecule has 2 atom stereocenters. The van der Waals surface area contributed by atoms with E-state index in [4.69, 9.17) is 4.74 Å². The molecule has 6 nitrogen and oxygen atoms in total. The molecular formula is C17H20N2O4. The van der Waals surface area contributed by atoms with E-state index in [9.17, 15) is 15.2 Å². The van der Waals surface area contributed by atoms with Crippen molar-refractivity contribution in [2.75, 3.05) is 20.3 Å².